The molecule has 100 valence electrons. The summed E-state index contributed by atoms with van der Waals surface area (Å²) >= 11 is 0. The number of nitrogen functional groups attached to an aromatic ring is 1. The van der Waals surface area contributed by atoms with Gasteiger partial charge in [0.2, 0.25) is 0 Å². The highest BCUT2D eigenvalue weighted by Gasteiger charge is 2.22. The third-order valence-corrected chi connectivity index (χ3v) is 3.71. The molecule has 6 heteroatoms. The van der Waals surface area contributed by atoms with Gasteiger partial charge in [-0.05, 0) is 19.4 Å². The molecule has 1 fully saturated rings. The number of nitrogens with one attached hydrogen (secondary N) is 1. The van der Waals surface area contributed by atoms with Crippen LogP contribution in [-0.2, 0) is 0 Å². The predicted octanol–water partition coefficient (Wildman–Crippen LogP) is 0.683. The fourth-order valence-electron chi connectivity index (χ4n) is 2.43. The Bertz CT molecular complexity index is 375. The summed E-state index contributed by atoms with van der Waals surface area (Å²) < 4.78 is 0. The van der Waals surface area contributed by atoms with Crippen molar-refractivity contribution in [3.8, 4) is 0 Å². The van der Waals surface area contributed by atoms with Crippen molar-refractivity contribution in [2.24, 2.45) is 5.84 Å². The van der Waals surface area contributed by atoms with Gasteiger partial charge in [-0.1, -0.05) is 6.92 Å². The molecule has 0 spiro atoms. The number of hydrogen-bond acceptors (Lipinski definition) is 6. The van der Waals surface area contributed by atoms with E-state index in [1.807, 2.05) is 6.07 Å². The molecule has 1 aliphatic heterocycles. The summed E-state index contributed by atoms with van der Waals surface area (Å²) in [6.07, 6.45) is 3.90. The Morgan fingerprint density at radius 1 is 1.44 bits per heavy atom. The molecule has 1 aliphatic rings. The third-order valence-electron chi connectivity index (χ3n) is 3.71. The Kier molecular flexibility index (Phi) is 4.33. The fourth-order valence-corrected chi connectivity index (χ4v) is 2.43. The number of rotatable bonds is 4. The molecule has 0 aromatic carbocycles. The summed E-state index contributed by atoms with van der Waals surface area (Å²) in [5.74, 6) is 6.94. The second-order valence-corrected chi connectivity index (χ2v) is 4.68. The normalized spacial score (nSPS) is 17.7. The molecule has 1 aromatic rings. The Morgan fingerprint density at radius 2 is 2.17 bits per heavy atom. The number of piperidine rings is 1. The van der Waals surface area contributed by atoms with Crippen molar-refractivity contribution < 1.29 is 0 Å². The standard InChI is InChI=1S/C12H22N6/c1-3-18-6-4-10(5-7-18)17(2)12-8-11(16-13)14-9-15-12/h8-10H,3-7,13H2,1-2H3,(H,14,15,16). The maximum Gasteiger partial charge on any atom is 0.145 e. The van der Waals surface area contributed by atoms with Crippen LogP contribution in [0, 0.1) is 0 Å². The highest BCUT2D eigenvalue weighted by molar-refractivity contribution is 5.47. The van der Waals surface area contributed by atoms with Crippen LogP contribution in [0.2, 0.25) is 0 Å². The molecule has 1 aromatic heterocycles. The molecule has 0 atom stereocenters. The van der Waals surface area contributed by atoms with Crippen LogP contribution >= 0.6 is 0 Å². The average Bonchev–Trinajstić information content (AvgIpc) is 2.46. The molecule has 0 saturated carbocycles. The third kappa shape index (κ3) is 2.88. The van der Waals surface area contributed by atoms with Gasteiger partial charge >= 0.3 is 0 Å². The van der Waals surface area contributed by atoms with Crippen molar-refractivity contribution in [2.75, 3.05) is 37.0 Å². The van der Waals surface area contributed by atoms with Crippen LogP contribution in [0.4, 0.5) is 11.6 Å². The second-order valence-electron chi connectivity index (χ2n) is 4.68. The monoisotopic (exact) mass is 250 g/mol. The van der Waals surface area contributed by atoms with E-state index in [0.29, 0.717) is 11.9 Å². The minimum atomic E-state index is 0.549. The summed E-state index contributed by atoms with van der Waals surface area (Å²) in [7, 11) is 2.09. The summed E-state index contributed by atoms with van der Waals surface area (Å²) in [4.78, 5) is 13.1. The Morgan fingerprint density at radius 3 is 2.78 bits per heavy atom. The predicted molar refractivity (Wildman–Crippen MR) is 73.4 cm³/mol. The largest absolute Gasteiger partial charge is 0.356 e. The van der Waals surface area contributed by atoms with E-state index in [2.05, 4.69) is 39.2 Å². The van der Waals surface area contributed by atoms with E-state index in [0.717, 1.165) is 12.4 Å². The first-order valence-corrected chi connectivity index (χ1v) is 6.48. The van der Waals surface area contributed by atoms with Crippen LogP contribution < -0.4 is 16.2 Å². The van der Waals surface area contributed by atoms with Gasteiger partial charge in [0.25, 0.3) is 0 Å². The molecular weight excluding hydrogens is 228 g/mol. The quantitative estimate of drug-likeness (QED) is 0.605. The Balaban J connectivity index is 2.00. The van der Waals surface area contributed by atoms with Crippen molar-refractivity contribution in [3.63, 3.8) is 0 Å². The number of hydrogen-bond donors (Lipinski definition) is 2. The number of hydrazine groups is 1. The molecule has 1 saturated heterocycles. The van der Waals surface area contributed by atoms with E-state index in [1.54, 1.807) is 6.33 Å². The van der Waals surface area contributed by atoms with Gasteiger partial charge < -0.3 is 15.2 Å². The lowest BCUT2D eigenvalue weighted by molar-refractivity contribution is 0.220. The van der Waals surface area contributed by atoms with Crippen LogP contribution in [0.25, 0.3) is 0 Å². The van der Waals surface area contributed by atoms with Crippen LogP contribution in [0.15, 0.2) is 12.4 Å². The zero-order valence-corrected chi connectivity index (χ0v) is 11.1. The number of aromatic nitrogens is 2. The van der Waals surface area contributed by atoms with Gasteiger partial charge in [0.1, 0.15) is 18.0 Å². The molecule has 6 nitrogen and oxygen atoms in total. The van der Waals surface area contributed by atoms with Gasteiger partial charge in [0.15, 0.2) is 0 Å². The van der Waals surface area contributed by atoms with Crippen molar-refractivity contribution in [1.82, 2.24) is 14.9 Å². The molecular formula is C12H22N6. The van der Waals surface area contributed by atoms with Crippen LogP contribution in [0.5, 0.6) is 0 Å². The second kappa shape index (κ2) is 5.97. The molecule has 18 heavy (non-hydrogen) atoms. The Hall–Kier alpha value is -1.40. The number of nitrogens with zero attached hydrogens (tertiary/aromatic N) is 4. The van der Waals surface area contributed by atoms with Crippen LogP contribution in [0.3, 0.4) is 0 Å². The first-order valence-electron chi connectivity index (χ1n) is 6.48. The average molecular weight is 250 g/mol. The van der Waals surface area contributed by atoms with E-state index in [1.165, 1.54) is 25.9 Å². The van der Waals surface area contributed by atoms with E-state index in [-0.39, 0.29) is 0 Å². The van der Waals surface area contributed by atoms with Gasteiger partial charge in [-0.2, -0.15) is 0 Å². The van der Waals surface area contributed by atoms with Gasteiger partial charge in [0.05, 0.1) is 0 Å². The first-order chi connectivity index (χ1) is 8.74. The zero-order valence-electron chi connectivity index (χ0n) is 11.1. The minimum absolute atomic E-state index is 0.549. The van der Waals surface area contributed by atoms with Crippen molar-refractivity contribution in [3.05, 3.63) is 12.4 Å². The number of likely N-dealkylation sites (tertiary alicyclic amines) is 1. The number of nitrogens with two attached hydrogens (primary N) is 1. The molecule has 0 radical (unpaired) electrons. The lowest BCUT2D eigenvalue weighted by atomic mass is 10.0. The van der Waals surface area contributed by atoms with Gasteiger partial charge in [-0.3, -0.25) is 0 Å². The van der Waals surface area contributed by atoms with Gasteiger partial charge in [0, 0.05) is 32.2 Å². The van der Waals surface area contributed by atoms with Crippen LogP contribution in [0.1, 0.15) is 19.8 Å². The molecule has 0 aliphatic carbocycles. The lowest BCUT2D eigenvalue weighted by Crippen LogP contribution is -2.43. The van der Waals surface area contributed by atoms with Crippen molar-refractivity contribution in [2.45, 2.75) is 25.8 Å². The summed E-state index contributed by atoms with van der Waals surface area (Å²) in [5.41, 5.74) is 2.56. The SMILES string of the molecule is CCN1CCC(N(C)c2cc(NN)ncn2)CC1. The Labute approximate surface area is 108 Å². The topological polar surface area (TPSA) is 70.3 Å². The number of anilines is 2. The van der Waals surface area contributed by atoms with Crippen molar-refractivity contribution in [1.29, 1.82) is 0 Å². The fraction of sp³-hybridized carbons (Fsp3) is 0.667. The van der Waals surface area contributed by atoms with Crippen LogP contribution in [-0.4, -0.2) is 47.6 Å². The molecule has 3 N–H and O–H groups in total. The summed E-state index contributed by atoms with van der Waals surface area (Å²) in [6, 6.07) is 2.43. The smallest absolute Gasteiger partial charge is 0.145 e. The molecule has 2 rings (SSSR count). The maximum absolute atomic E-state index is 5.37. The highest BCUT2D eigenvalue weighted by atomic mass is 15.3. The lowest BCUT2D eigenvalue weighted by Gasteiger charge is -2.36. The molecule has 0 unspecified atom stereocenters. The summed E-state index contributed by atoms with van der Waals surface area (Å²) in [5, 5.41) is 0. The first kappa shape index (κ1) is 13.0. The van der Waals surface area contributed by atoms with E-state index < -0.39 is 0 Å². The molecule has 0 bridgehead atoms. The molecule has 0 amide bonds. The van der Waals surface area contributed by atoms with Gasteiger partial charge in [-0.25, -0.2) is 15.8 Å². The minimum Gasteiger partial charge on any atom is -0.356 e. The van der Waals surface area contributed by atoms with E-state index in [4.69, 9.17) is 5.84 Å². The van der Waals surface area contributed by atoms with Gasteiger partial charge in [-0.15, -0.1) is 0 Å². The maximum atomic E-state index is 5.37. The molecule has 2 heterocycles. The zero-order chi connectivity index (χ0) is 13.0. The highest BCUT2D eigenvalue weighted by Crippen LogP contribution is 2.21. The van der Waals surface area contributed by atoms with E-state index >= 15 is 0 Å². The van der Waals surface area contributed by atoms with Crippen molar-refractivity contribution >= 4 is 11.6 Å². The summed E-state index contributed by atoms with van der Waals surface area (Å²) in [6.45, 7) is 5.69. The van der Waals surface area contributed by atoms with E-state index in [9.17, 15) is 0 Å².